The van der Waals surface area contributed by atoms with Gasteiger partial charge in [-0.05, 0) is 36.2 Å². The van der Waals surface area contributed by atoms with E-state index in [1.165, 1.54) is 0 Å². The van der Waals surface area contributed by atoms with Gasteiger partial charge in [-0.2, -0.15) is 0 Å². The molecule has 0 saturated heterocycles. The fourth-order valence-corrected chi connectivity index (χ4v) is 2.06. The molecule has 116 valence electrons. The molecule has 0 unspecified atom stereocenters. The average Bonchev–Trinajstić information content (AvgIpc) is 2.55. The van der Waals surface area contributed by atoms with E-state index >= 15 is 0 Å². The van der Waals surface area contributed by atoms with Gasteiger partial charge < -0.3 is 20.5 Å². The smallest absolute Gasteiger partial charge is 0.243 e. The van der Waals surface area contributed by atoms with Crippen molar-refractivity contribution in [3.63, 3.8) is 0 Å². The van der Waals surface area contributed by atoms with Crippen molar-refractivity contribution in [3.8, 4) is 5.75 Å². The Morgan fingerprint density at radius 1 is 1.14 bits per heavy atom. The molecular formula is C17H20N2O3. The van der Waals surface area contributed by atoms with Gasteiger partial charge in [-0.3, -0.25) is 4.79 Å². The average molecular weight is 300 g/mol. The summed E-state index contributed by atoms with van der Waals surface area (Å²) in [6, 6.07) is 14.9. The summed E-state index contributed by atoms with van der Waals surface area (Å²) in [6.07, 6.45) is 0.615. The van der Waals surface area contributed by atoms with Crippen LogP contribution in [0.5, 0.6) is 5.75 Å². The highest BCUT2D eigenvalue weighted by molar-refractivity contribution is 5.93. The molecule has 0 bridgehead atoms. The van der Waals surface area contributed by atoms with Crippen molar-refractivity contribution in [2.24, 2.45) is 0 Å². The number of aliphatic hydroxyl groups is 1. The maximum absolute atomic E-state index is 11.9. The lowest BCUT2D eigenvalue weighted by molar-refractivity contribution is -0.114. The molecule has 0 aliphatic carbocycles. The lowest BCUT2D eigenvalue weighted by Gasteiger charge is -2.11. The van der Waals surface area contributed by atoms with Crippen LogP contribution in [0.4, 0.5) is 11.4 Å². The molecule has 3 N–H and O–H groups in total. The van der Waals surface area contributed by atoms with Crippen molar-refractivity contribution in [1.29, 1.82) is 0 Å². The summed E-state index contributed by atoms with van der Waals surface area (Å²) in [5.41, 5.74) is 2.54. The van der Waals surface area contributed by atoms with Gasteiger partial charge in [-0.25, -0.2) is 0 Å². The SMILES string of the molecule is COc1ccccc1NCC(=O)Nc1ccc(CCO)cc1. The first kappa shape index (κ1) is 15.9. The number of hydrogen-bond donors (Lipinski definition) is 3. The molecule has 0 atom stereocenters. The van der Waals surface area contributed by atoms with Crippen molar-refractivity contribution < 1.29 is 14.6 Å². The van der Waals surface area contributed by atoms with Gasteiger partial charge in [0.1, 0.15) is 5.75 Å². The molecule has 5 heteroatoms. The van der Waals surface area contributed by atoms with Gasteiger partial charge >= 0.3 is 0 Å². The molecule has 0 aromatic heterocycles. The van der Waals surface area contributed by atoms with Crippen LogP contribution in [0.3, 0.4) is 0 Å². The molecule has 0 saturated carbocycles. The number of benzene rings is 2. The second kappa shape index (κ2) is 8.05. The Hall–Kier alpha value is -2.53. The first-order valence-corrected chi connectivity index (χ1v) is 7.09. The molecule has 0 spiro atoms. The van der Waals surface area contributed by atoms with E-state index < -0.39 is 0 Å². The normalized spacial score (nSPS) is 10.1. The molecule has 2 rings (SSSR count). The minimum Gasteiger partial charge on any atom is -0.495 e. The highest BCUT2D eigenvalue weighted by Gasteiger charge is 2.05. The molecular weight excluding hydrogens is 280 g/mol. The van der Waals surface area contributed by atoms with Crippen LogP contribution in [0.15, 0.2) is 48.5 Å². The van der Waals surface area contributed by atoms with E-state index in [-0.39, 0.29) is 19.1 Å². The number of rotatable bonds is 7. The molecule has 22 heavy (non-hydrogen) atoms. The van der Waals surface area contributed by atoms with E-state index in [0.29, 0.717) is 12.2 Å². The number of aliphatic hydroxyl groups excluding tert-OH is 1. The van der Waals surface area contributed by atoms with Crippen LogP contribution in [-0.4, -0.2) is 31.3 Å². The van der Waals surface area contributed by atoms with Crippen molar-refractivity contribution in [2.45, 2.75) is 6.42 Å². The first-order chi connectivity index (χ1) is 10.7. The Bertz CT molecular complexity index is 612. The van der Waals surface area contributed by atoms with Crippen LogP contribution in [0.1, 0.15) is 5.56 Å². The van der Waals surface area contributed by atoms with Gasteiger partial charge in [0.2, 0.25) is 5.91 Å². The van der Waals surface area contributed by atoms with Crippen LogP contribution in [0.2, 0.25) is 0 Å². The van der Waals surface area contributed by atoms with Crippen LogP contribution >= 0.6 is 0 Å². The molecule has 2 aromatic rings. The molecule has 0 aliphatic rings. The Morgan fingerprint density at radius 2 is 1.86 bits per heavy atom. The molecule has 2 aromatic carbocycles. The van der Waals surface area contributed by atoms with Gasteiger partial charge in [-0.1, -0.05) is 24.3 Å². The number of nitrogens with one attached hydrogen (secondary N) is 2. The van der Waals surface area contributed by atoms with Crippen LogP contribution < -0.4 is 15.4 Å². The Labute approximate surface area is 129 Å². The highest BCUT2D eigenvalue weighted by atomic mass is 16.5. The first-order valence-electron chi connectivity index (χ1n) is 7.09. The predicted octanol–water partition coefficient (Wildman–Crippen LogP) is 2.28. The lowest BCUT2D eigenvalue weighted by atomic mass is 10.1. The van der Waals surface area contributed by atoms with Gasteiger partial charge in [0.15, 0.2) is 0 Å². The summed E-state index contributed by atoms with van der Waals surface area (Å²) >= 11 is 0. The highest BCUT2D eigenvalue weighted by Crippen LogP contribution is 2.22. The van der Waals surface area contributed by atoms with Crippen LogP contribution in [0, 0.1) is 0 Å². The summed E-state index contributed by atoms with van der Waals surface area (Å²) < 4.78 is 5.22. The van der Waals surface area contributed by atoms with Crippen LogP contribution in [-0.2, 0) is 11.2 Å². The summed E-state index contributed by atoms with van der Waals surface area (Å²) in [6.45, 7) is 0.271. The zero-order valence-electron chi connectivity index (χ0n) is 12.5. The zero-order chi connectivity index (χ0) is 15.8. The third-order valence-electron chi connectivity index (χ3n) is 3.18. The van der Waals surface area contributed by atoms with E-state index in [1.54, 1.807) is 7.11 Å². The standard InChI is InChI=1S/C17H20N2O3/c1-22-16-5-3-2-4-15(16)18-12-17(21)19-14-8-6-13(7-9-14)10-11-20/h2-9,18,20H,10-12H2,1H3,(H,19,21). The number of amides is 1. The fourth-order valence-electron chi connectivity index (χ4n) is 2.06. The van der Waals surface area contributed by atoms with E-state index in [2.05, 4.69) is 10.6 Å². The molecule has 0 radical (unpaired) electrons. The van der Waals surface area contributed by atoms with Crippen LogP contribution in [0.25, 0.3) is 0 Å². The number of carbonyl (C=O) groups excluding carboxylic acids is 1. The second-order valence-corrected chi connectivity index (χ2v) is 4.77. The Morgan fingerprint density at radius 3 is 2.55 bits per heavy atom. The number of anilines is 2. The molecule has 0 aliphatic heterocycles. The Kier molecular flexibility index (Phi) is 5.80. The molecule has 5 nitrogen and oxygen atoms in total. The topological polar surface area (TPSA) is 70.6 Å². The number of hydrogen-bond acceptors (Lipinski definition) is 4. The summed E-state index contributed by atoms with van der Waals surface area (Å²) in [5, 5.41) is 14.7. The number of ether oxygens (including phenoxy) is 1. The largest absolute Gasteiger partial charge is 0.495 e. The van der Waals surface area contributed by atoms with E-state index in [1.807, 2.05) is 48.5 Å². The van der Waals surface area contributed by atoms with Gasteiger partial charge in [0, 0.05) is 12.3 Å². The molecule has 0 heterocycles. The zero-order valence-corrected chi connectivity index (χ0v) is 12.5. The maximum atomic E-state index is 11.9. The number of para-hydroxylation sites is 2. The second-order valence-electron chi connectivity index (χ2n) is 4.77. The quantitative estimate of drug-likeness (QED) is 0.733. The predicted molar refractivity (Wildman–Crippen MR) is 87.3 cm³/mol. The van der Waals surface area contributed by atoms with E-state index in [9.17, 15) is 4.79 Å². The van der Waals surface area contributed by atoms with Gasteiger partial charge in [-0.15, -0.1) is 0 Å². The fraction of sp³-hybridized carbons (Fsp3) is 0.235. The minimum absolute atomic E-state index is 0.120. The summed E-state index contributed by atoms with van der Waals surface area (Å²) in [7, 11) is 1.59. The van der Waals surface area contributed by atoms with Crippen molar-refractivity contribution >= 4 is 17.3 Å². The molecule has 0 fully saturated rings. The summed E-state index contributed by atoms with van der Waals surface area (Å²) in [5.74, 6) is 0.560. The molecule has 1 amide bonds. The van der Waals surface area contributed by atoms with Gasteiger partial charge in [0.25, 0.3) is 0 Å². The lowest BCUT2D eigenvalue weighted by Crippen LogP contribution is -2.21. The van der Waals surface area contributed by atoms with E-state index in [0.717, 1.165) is 16.9 Å². The number of carbonyl (C=O) groups is 1. The number of methoxy groups -OCH3 is 1. The van der Waals surface area contributed by atoms with Gasteiger partial charge in [0.05, 0.1) is 19.3 Å². The third kappa shape index (κ3) is 4.49. The monoisotopic (exact) mass is 300 g/mol. The summed E-state index contributed by atoms with van der Waals surface area (Å²) in [4.78, 5) is 11.9. The van der Waals surface area contributed by atoms with Crippen molar-refractivity contribution in [2.75, 3.05) is 30.9 Å². The van der Waals surface area contributed by atoms with Crippen molar-refractivity contribution in [3.05, 3.63) is 54.1 Å². The minimum atomic E-state index is -0.138. The Balaban J connectivity index is 1.87. The van der Waals surface area contributed by atoms with Crippen molar-refractivity contribution in [1.82, 2.24) is 0 Å². The third-order valence-corrected chi connectivity index (χ3v) is 3.18. The van der Waals surface area contributed by atoms with E-state index in [4.69, 9.17) is 9.84 Å². The maximum Gasteiger partial charge on any atom is 0.243 e.